The van der Waals surface area contributed by atoms with Crippen molar-refractivity contribution in [2.24, 2.45) is 11.6 Å². The molecule has 5 N–H and O–H groups in total. The van der Waals surface area contributed by atoms with Crippen LogP contribution in [0.1, 0.15) is 19.8 Å². The molecule has 104 valence electrons. The molecule has 1 amide bonds. The van der Waals surface area contributed by atoms with Crippen molar-refractivity contribution >= 4 is 11.8 Å². The SMILES string of the molecule is CC1CC(N)(Nc2ccccc2)CCN1C(=O)ON. The summed E-state index contributed by atoms with van der Waals surface area (Å²) in [7, 11) is 0. The molecular formula is C13H20N4O2. The van der Waals surface area contributed by atoms with Gasteiger partial charge in [-0.2, -0.15) is 5.90 Å². The van der Waals surface area contributed by atoms with Crippen molar-refractivity contribution in [2.45, 2.75) is 31.5 Å². The average Bonchev–Trinajstić information content (AvgIpc) is 2.38. The number of nitrogens with two attached hydrogens (primary N) is 2. The summed E-state index contributed by atoms with van der Waals surface area (Å²) in [5.41, 5.74) is 6.82. The number of hydrogen-bond acceptors (Lipinski definition) is 5. The van der Waals surface area contributed by atoms with Gasteiger partial charge >= 0.3 is 6.09 Å². The molecule has 2 atom stereocenters. The summed E-state index contributed by atoms with van der Waals surface area (Å²) < 4.78 is 0. The van der Waals surface area contributed by atoms with Crippen molar-refractivity contribution < 1.29 is 9.63 Å². The van der Waals surface area contributed by atoms with E-state index in [0.29, 0.717) is 19.4 Å². The van der Waals surface area contributed by atoms with Crippen LogP contribution < -0.4 is 16.9 Å². The van der Waals surface area contributed by atoms with E-state index < -0.39 is 11.8 Å². The maximum atomic E-state index is 11.5. The maximum absolute atomic E-state index is 11.5. The minimum Gasteiger partial charge on any atom is -0.367 e. The van der Waals surface area contributed by atoms with E-state index in [1.807, 2.05) is 37.3 Å². The molecule has 1 aromatic rings. The lowest BCUT2D eigenvalue weighted by Gasteiger charge is -2.43. The van der Waals surface area contributed by atoms with Crippen LogP contribution in [0.2, 0.25) is 0 Å². The van der Waals surface area contributed by atoms with Crippen molar-refractivity contribution in [3.63, 3.8) is 0 Å². The Morgan fingerprint density at radius 2 is 2.16 bits per heavy atom. The second-order valence-corrected chi connectivity index (χ2v) is 5.03. The molecule has 1 heterocycles. The van der Waals surface area contributed by atoms with Crippen molar-refractivity contribution in [1.82, 2.24) is 4.90 Å². The zero-order valence-corrected chi connectivity index (χ0v) is 11.0. The maximum Gasteiger partial charge on any atom is 0.428 e. The van der Waals surface area contributed by atoms with Crippen LogP contribution in [0.3, 0.4) is 0 Å². The molecule has 6 nitrogen and oxygen atoms in total. The van der Waals surface area contributed by atoms with Crippen LogP contribution in [0.15, 0.2) is 30.3 Å². The van der Waals surface area contributed by atoms with Gasteiger partial charge in [-0.25, -0.2) is 4.79 Å². The lowest BCUT2D eigenvalue weighted by Crippen LogP contribution is -2.59. The summed E-state index contributed by atoms with van der Waals surface area (Å²) in [5.74, 6) is 4.92. The molecular weight excluding hydrogens is 244 g/mol. The molecule has 0 saturated carbocycles. The normalized spacial score (nSPS) is 26.9. The van der Waals surface area contributed by atoms with Gasteiger partial charge in [0.2, 0.25) is 0 Å². The first-order chi connectivity index (χ1) is 9.04. The molecule has 2 rings (SSSR count). The van der Waals surface area contributed by atoms with Crippen molar-refractivity contribution in [2.75, 3.05) is 11.9 Å². The lowest BCUT2D eigenvalue weighted by molar-refractivity contribution is 0.0645. The number of amides is 1. The molecule has 1 aliphatic heterocycles. The summed E-state index contributed by atoms with van der Waals surface area (Å²) >= 11 is 0. The van der Waals surface area contributed by atoms with Crippen LogP contribution in [0.5, 0.6) is 0 Å². The standard InChI is InChI=1S/C13H20N4O2/c1-10-9-13(14,7-8-17(10)12(18)19-15)16-11-5-3-2-4-6-11/h2-6,10,16H,7-9,14-15H2,1H3. The molecule has 0 aromatic heterocycles. The van der Waals surface area contributed by atoms with Crippen LogP contribution in [0.4, 0.5) is 10.5 Å². The number of para-hydroxylation sites is 1. The molecule has 0 spiro atoms. The van der Waals surface area contributed by atoms with E-state index in [9.17, 15) is 4.79 Å². The van der Waals surface area contributed by atoms with Crippen LogP contribution in [-0.4, -0.2) is 29.2 Å². The highest BCUT2D eigenvalue weighted by molar-refractivity contribution is 5.67. The summed E-state index contributed by atoms with van der Waals surface area (Å²) in [6, 6.07) is 9.79. The quantitative estimate of drug-likeness (QED) is 0.552. The Kier molecular flexibility index (Phi) is 3.92. The molecule has 6 heteroatoms. The van der Waals surface area contributed by atoms with Gasteiger partial charge in [0.15, 0.2) is 0 Å². The zero-order chi connectivity index (χ0) is 13.9. The first-order valence-electron chi connectivity index (χ1n) is 6.33. The van der Waals surface area contributed by atoms with Gasteiger partial charge in [-0.3, -0.25) is 0 Å². The van der Waals surface area contributed by atoms with Crippen molar-refractivity contribution in [3.05, 3.63) is 30.3 Å². The fraction of sp³-hybridized carbons (Fsp3) is 0.462. The molecule has 0 radical (unpaired) electrons. The third-order valence-electron chi connectivity index (χ3n) is 3.49. The number of likely N-dealkylation sites (tertiary alicyclic amines) is 1. The van der Waals surface area contributed by atoms with Crippen molar-refractivity contribution in [3.8, 4) is 0 Å². The fourth-order valence-corrected chi connectivity index (χ4v) is 2.54. The molecule has 0 aliphatic carbocycles. The van der Waals surface area contributed by atoms with E-state index >= 15 is 0 Å². The third kappa shape index (κ3) is 3.15. The predicted molar refractivity (Wildman–Crippen MR) is 73.1 cm³/mol. The lowest BCUT2D eigenvalue weighted by atomic mass is 9.92. The monoisotopic (exact) mass is 264 g/mol. The molecule has 19 heavy (non-hydrogen) atoms. The second kappa shape index (κ2) is 5.46. The van der Waals surface area contributed by atoms with Gasteiger partial charge in [0.05, 0.1) is 5.66 Å². The van der Waals surface area contributed by atoms with Gasteiger partial charge in [-0.15, -0.1) is 0 Å². The number of carbonyl (C=O) groups excluding carboxylic acids is 1. The Balaban J connectivity index is 2.02. The first-order valence-corrected chi connectivity index (χ1v) is 6.33. The summed E-state index contributed by atoms with van der Waals surface area (Å²) in [6.07, 6.45) is 0.771. The van der Waals surface area contributed by atoms with E-state index in [1.54, 1.807) is 4.90 Å². The third-order valence-corrected chi connectivity index (χ3v) is 3.49. The van der Waals surface area contributed by atoms with Gasteiger partial charge in [-0.1, -0.05) is 18.2 Å². The predicted octanol–water partition coefficient (Wildman–Crippen LogP) is 1.25. The highest BCUT2D eigenvalue weighted by Crippen LogP contribution is 2.26. The zero-order valence-electron chi connectivity index (χ0n) is 11.0. The largest absolute Gasteiger partial charge is 0.428 e. The number of nitrogens with one attached hydrogen (secondary N) is 1. The van der Waals surface area contributed by atoms with E-state index in [2.05, 4.69) is 10.2 Å². The number of carbonyl (C=O) groups is 1. The van der Waals surface area contributed by atoms with E-state index in [1.165, 1.54) is 0 Å². The highest BCUT2D eigenvalue weighted by Gasteiger charge is 2.37. The smallest absolute Gasteiger partial charge is 0.367 e. The average molecular weight is 264 g/mol. The Labute approximate surface area is 112 Å². The van der Waals surface area contributed by atoms with E-state index in [-0.39, 0.29) is 6.04 Å². The van der Waals surface area contributed by atoms with Gasteiger partial charge in [0.25, 0.3) is 0 Å². The summed E-state index contributed by atoms with van der Waals surface area (Å²) in [5, 5.41) is 3.33. The highest BCUT2D eigenvalue weighted by atomic mass is 16.7. The number of anilines is 1. The van der Waals surface area contributed by atoms with Crippen molar-refractivity contribution in [1.29, 1.82) is 0 Å². The Morgan fingerprint density at radius 3 is 2.74 bits per heavy atom. The van der Waals surface area contributed by atoms with Crippen LogP contribution in [0.25, 0.3) is 0 Å². The van der Waals surface area contributed by atoms with Crippen LogP contribution in [-0.2, 0) is 4.84 Å². The van der Waals surface area contributed by atoms with Gasteiger partial charge in [-0.05, 0) is 19.1 Å². The van der Waals surface area contributed by atoms with Gasteiger partial charge < -0.3 is 20.8 Å². The second-order valence-electron chi connectivity index (χ2n) is 5.03. The number of nitrogens with zero attached hydrogens (tertiary/aromatic N) is 1. The fourth-order valence-electron chi connectivity index (χ4n) is 2.54. The van der Waals surface area contributed by atoms with E-state index in [4.69, 9.17) is 11.6 Å². The Morgan fingerprint density at radius 1 is 1.47 bits per heavy atom. The minimum absolute atomic E-state index is 0.0222. The summed E-state index contributed by atoms with van der Waals surface area (Å²) in [6.45, 7) is 2.46. The minimum atomic E-state index is -0.522. The van der Waals surface area contributed by atoms with Gasteiger partial charge in [0.1, 0.15) is 0 Å². The molecule has 2 unspecified atom stereocenters. The molecule has 1 fully saturated rings. The first kappa shape index (κ1) is 13.6. The molecule has 1 aromatic carbocycles. The number of hydrogen-bond donors (Lipinski definition) is 3. The number of rotatable bonds is 2. The molecule has 0 bridgehead atoms. The van der Waals surface area contributed by atoms with Crippen LogP contribution in [0, 0.1) is 0 Å². The number of piperidine rings is 1. The van der Waals surface area contributed by atoms with Gasteiger partial charge in [0, 0.05) is 31.1 Å². The molecule has 1 aliphatic rings. The topological polar surface area (TPSA) is 93.6 Å². The number of benzene rings is 1. The summed E-state index contributed by atoms with van der Waals surface area (Å²) in [4.78, 5) is 17.3. The Bertz CT molecular complexity index is 440. The van der Waals surface area contributed by atoms with E-state index in [0.717, 1.165) is 5.69 Å². The Hall–Kier alpha value is -1.79. The van der Waals surface area contributed by atoms with Crippen LogP contribution >= 0.6 is 0 Å². The molecule has 1 saturated heterocycles.